The van der Waals surface area contributed by atoms with Crippen molar-refractivity contribution >= 4 is 10.9 Å². The predicted molar refractivity (Wildman–Crippen MR) is 111 cm³/mol. The normalized spacial score (nSPS) is 12.3. The minimum Gasteiger partial charge on any atom is -0.457 e. The number of quaternary nitrogens is 1. The van der Waals surface area contributed by atoms with Gasteiger partial charge in [0, 0.05) is 16.6 Å². The highest BCUT2D eigenvalue weighted by molar-refractivity contribution is 5.81. The molecule has 0 saturated heterocycles. The van der Waals surface area contributed by atoms with Gasteiger partial charge in [-0.25, -0.2) is 0 Å². The first-order valence-electron chi connectivity index (χ1n) is 9.84. The van der Waals surface area contributed by atoms with Crippen LogP contribution in [0.1, 0.15) is 37.9 Å². The van der Waals surface area contributed by atoms with E-state index in [0.29, 0.717) is 11.1 Å². The molecule has 0 saturated carbocycles. The van der Waals surface area contributed by atoms with Crippen molar-refractivity contribution in [2.75, 3.05) is 13.1 Å². The standard InChI is InChI=1S/C23H28N2O2/c1-4-6-14-25(5-2)16-21-17(3)24-22-13-12-19(15-20(22)23(21)26)27-18-10-8-7-9-11-18/h7-13,15H,4-6,14,16H2,1-3H3,(H,24,26)/p+1. The van der Waals surface area contributed by atoms with Crippen LogP contribution in [0.3, 0.4) is 0 Å². The number of nitrogens with one attached hydrogen (secondary N) is 2. The second-order valence-corrected chi connectivity index (χ2v) is 7.06. The second-order valence-electron chi connectivity index (χ2n) is 7.06. The van der Waals surface area contributed by atoms with Crippen LogP contribution in [0.4, 0.5) is 0 Å². The lowest BCUT2D eigenvalue weighted by molar-refractivity contribution is -0.912. The summed E-state index contributed by atoms with van der Waals surface area (Å²) >= 11 is 0. The molecule has 2 N–H and O–H groups in total. The van der Waals surface area contributed by atoms with Gasteiger partial charge in [0.2, 0.25) is 0 Å². The van der Waals surface area contributed by atoms with E-state index in [9.17, 15) is 4.79 Å². The van der Waals surface area contributed by atoms with Gasteiger partial charge in [-0.1, -0.05) is 31.5 Å². The average molecular weight is 365 g/mol. The summed E-state index contributed by atoms with van der Waals surface area (Å²) in [6.07, 6.45) is 2.36. The quantitative estimate of drug-likeness (QED) is 0.637. The van der Waals surface area contributed by atoms with Crippen molar-refractivity contribution in [3.05, 3.63) is 70.0 Å². The number of hydrogen-bond acceptors (Lipinski definition) is 2. The van der Waals surface area contributed by atoms with Gasteiger partial charge in [-0.2, -0.15) is 0 Å². The van der Waals surface area contributed by atoms with Crippen molar-refractivity contribution in [3.8, 4) is 11.5 Å². The summed E-state index contributed by atoms with van der Waals surface area (Å²) in [5.41, 5.74) is 2.81. The molecule has 27 heavy (non-hydrogen) atoms. The van der Waals surface area contributed by atoms with Gasteiger partial charge in [-0.15, -0.1) is 0 Å². The van der Waals surface area contributed by atoms with Crippen LogP contribution >= 0.6 is 0 Å². The van der Waals surface area contributed by atoms with Gasteiger partial charge in [-0.05, 0) is 50.6 Å². The molecule has 1 atom stereocenters. The van der Waals surface area contributed by atoms with E-state index in [2.05, 4.69) is 18.8 Å². The fraction of sp³-hybridized carbons (Fsp3) is 0.348. The molecular formula is C23H29N2O2+. The molecule has 2 aromatic carbocycles. The van der Waals surface area contributed by atoms with Crippen molar-refractivity contribution in [1.29, 1.82) is 0 Å². The monoisotopic (exact) mass is 365 g/mol. The van der Waals surface area contributed by atoms with E-state index in [0.717, 1.165) is 42.2 Å². The lowest BCUT2D eigenvalue weighted by Crippen LogP contribution is -3.10. The van der Waals surface area contributed by atoms with E-state index in [1.54, 1.807) is 0 Å². The van der Waals surface area contributed by atoms with Crippen LogP contribution in [0.5, 0.6) is 11.5 Å². The number of H-pyrrole nitrogens is 1. The Morgan fingerprint density at radius 3 is 2.52 bits per heavy atom. The molecule has 0 aliphatic heterocycles. The van der Waals surface area contributed by atoms with Crippen LogP contribution in [0.2, 0.25) is 0 Å². The molecule has 0 amide bonds. The van der Waals surface area contributed by atoms with Crippen LogP contribution in [0.25, 0.3) is 10.9 Å². The molecular weight excluding hydrogens is 336 g/mol. The number of ether oxygens (including phenoxy) is 1. The smallest absolute Gasteiger partial charge is 0.198 e. The molecule has 142 valence electrons. The number of aromatic amines is 1. The number of benzene rings is 2. The highest BCUT2D eigenvalue weighted by Crippen LogP contribution is 2.24. The molecule has 3 aromatic rings. The Bertz CT molecular complexity index is 948. The maximum atomic E-state index is 13.2. The number of rotatable bonds is 8. The Morgan fingerprint density at radius 2 is 1.81 bits per heavy atom. The highest BCUT2D eigenvalue weighted by Gasteiger charge is 2.15. The lowest BCUT2D eigenvalue weighted by atomic mass is 10.1. The largest absolute Gasteiger partial charge is 0.457 e. The van der Waals surface area contributed by atoms with Crippen molar-refractivity contribution in [2.45, 2.75) is 40.2 Å². The lowest BCUT2D eigenvalue weighted by Gasteiger charge is -2.18. The second kappa shape index (κ2) is 8.87. The SMILES string of the molecule is CCCC[NH+](CC)Cc1c(C)[nH]c2ccc(Oc3ccccc3)cc2c1=O. The summed E-state index contributed by atoms with van der Waals surface area (Å²) in [5.74, 6) is 1.45. The third-order valence-corrected chi connectivity index (χ3v) is 5.07. The van der Waals surface area contributed by atoms with E-state index in [1.807, 2.05) is 55.5 Å². The average Bonchev–Trinajstić information content (AvgIpc) is 2.69. The van der Waals surface area contributed by atoms with Crippen LogP contribution in [-0.2, 0) is 6.54 Å². The molecule has 0 spiro atoms. The highest BCUT2D eigenvalue weighted by atomic mass is 16.5. The fourth-order valence-corrected chi connectivity index (χ4v) is 3.40. The zero-order valence-corrected chi connectivity index (χ0v) is 16.5. The number of para-hydroxylation sites is 1. The Labute approximate surface area is 160 Å². The third kappa shape index (κ3) is 4.58. The van der Waals surface area contributed by atoms with Crippen molar-refractivity contribution < 1.29 is 9.64 Å². The Kier molecular flexibility index (Phi) is 6.30. The van der Waals surface area contributed by atoms with E-state index >= 15 is 0 Å². The first-order valence-corrected chi connectivity index (χ1v) is 9.84. The summed E-state index contributed by atoms with van der Waals surface area (Å²) in [6, 6.07) is 15.3. The third-order valence-electron chi connectivity index (χ3n) is 5.07. The number of fused-ring (bicyclic) bond motifs is 1. The predicted octanol–water partition coefficient (Wildman–Crippen LogP) is 3.83. The summed E-state index contributed by atoms with van der Waals surface area (Å²) in [5, 5.41) is 0.690. The Hall–Kier alpha value is -2.59. The van der Waals surface area contributed by atoms with Gasteiger partial charge in [-0.3, -0.25) is 4.79 Å². The van der Waals surface area contributed by atoms with Crippen molar-refractivity contribution in [1.82, 2.24) is 4.98 Å². The summed E-state index contributed by atoms with van der Waals surface area (Å²) in [7, 11) is 0. The van der Waals surface area contributed by atoms with Gasteiger partial charge >= 0.3 is 0 Å². The molecule has 0 fully saturated rings. The van der Waals surface area contributed by atoms with E-state index in [-0.39, 0.29) is 5.43 Å². The molecule has 0 bridgehead atoms. The minimum atomic E-state index is 0.113. The topological polar surface area (TPSA) is 46.5 Å². The molecule has 1 aromatic heterocycles. The van der Waals surface area contributed by atoms with Gasteiger partial charge < -0.3 is 14.6 Å². The van der Waals surface area contributed by atoms with Crippen LogP contribution in [0, 0.1) is 6.92 Å². The van der Waals surface area contributed by atoms with Gasteiger partial charge in [0.05, 0.1) is 18.7 Å². The molecule has 0 aliphatic carbocycles. The number of aromatic nitrogens is 1. The zero-order chi connectivity index (χ0) is 19.2. The molecule has 4 nitrogen and oxygen atoms in total. The van der Waals surface area contributed by atoms with Gasteiger partial charge in [0.25, 0.3) is 0 Å². The zero-order valence-electron chi connectivity index (χ0n) is 16.5. The fourth-order valence-electron chi connectivity index (χ4n) is 3.40. The first kappa shape index (κ1) is 19.2. The minimum absolute atomic E-state index is 0.113. The van der Waals surface area contributed by atoms with Crippen LogP contribution < -0.4 is 15.1 Å². The van der Waals surface area contributed by atoms with Crippen molar-refractivity contribution in [3.63, 3.8) is 0 Å². The number of aryl methyl sites for hydroxylation is 1. The Balaban J connectivity index is 1.94. The van der Waals surface area contributed by atoms with Gasteiger partial charge in [0.15, 0.2) is 5.43 Å². The summed E-state index contributed by atoms with van der Waals surface area (Å²) in [6.45, 7) is 9.27. The number of pyridine rings is 1. The number of unbranched alkanes of at least 4 members (excludes halogenated alkanes) is 1. The first-order chi connectivity index (χ1) is 13.1. The van der Waals surface area contributed by atoms with E-state index in [1.165, 1.54) is 17.7 Å². The van der Waals surface area contributed by atoms with Crippen molar-refractivity contribution in [2.24, 2.45) is 0 Å². The molecule has 1 unspecified atom stereocenters. The van der Waals surface area contributed by atoms with Crippen LogP contribution in [-0.4, -0.2) is 18.1 Å². The summed E-state index contributed by atoms with van der Waals surface area (Å²) < 4.78 is 5.91. The van der Waals surface area contributed by atoms with E-state index in [4.69, 9.17) is 4.74 Å². The van der Waals surface area contributed by atoms with E-state index < -0.39 is 0 Å². The number of hydrogen-bond donors (Lipinski definition) is 2. The molecule has 0 aliphatic rings. The van der Waals surface area contributed by atoms with Gasteiger partial charge in [0.1, 0.15) is 18.0 Å². The molecule has 3 rings (SSSR count). The maximum Gasteiger partial charge on any atom is 0.198 e. The summed E-state index contributed by atoms with van der Waals surface area (Å²) in [4.78, 5) is 18.0. The molecule has 1 heterocycles. The molecule has 4 heteroatoms. The van der Waals surface area contributed by atoms with Crippen LogP contribution in [0.15, 0.2) is 53.3 Å². The Morgan fingerprint density at radius 1 is 1.04 bits per heavy atom. The maximum absolute atomic E-state index is 13.2. The molecule has 0 radical (unpaired) electrons.